The van der Waals surface area contributed by atoms with Crippen LogP contribution in [0.3, 0.4) is 0 Å². The molecule has 0 fully saturated rings. The molecule has 0 aliphatic heterocycles. The van der Waals surface area contributed by atoms with Crippen molar-refractivity contribution in [2.75, 3.05) is 12.4 Å². The summed E-state index contributed by atoms with van der Waals surface area (Å²) in [7, 11) is 0. The maximum Gasteiger partial charge on any atom is 0.268 e. The summed E-state index contributed by atoms with van der Waals surface area (Å²) in [6, 6.07) is 17.2. The number of nitrogens with one attached hydrogen (secondary N) is 1. The van der Waals surface area contributed by atoms with E-state index in [4.69, 9.17) is 10.6 Å². The average Bonchev–Trinajstić information content (AvgIpc) is 2.52. The molecule has 0 aliphatic carbocycles. The number of hydrogen-bond donors (Lipinski definition) is 2. The lowest BCUT2D eigenvalue weighted by Crippen LogP contribution is -2.30. The highest BCUT2D eigenvalue weighted by molar-refractivity contribution is 7.99. The van der Waals surface area contributed by atoms with Gasteiger partial charge in [0.1, 0.15) is 5.75 Å². The zero-order chi connectivity index (χ0) is 14.2. The number of carbonyl (C=O) groups excluding carboxylic acids is 1. The van der Waals surface area contributed by atoms with Gasteiger partial charge in [0, 0.05) is 10.6 Å². The van der Waals surface area contributed by atoms with Crippen molar-refractivity contribution in [1.82, 2.24) is 5.43 Å². The summed E-state index contributed by atoms with van der Waals surface area (Å²) in [5.74, 6) is 6.15. The number of hydrazine groups is 1. The van der Waals surface area contributed by atoms with E-state index in [0.717, 1.165) is 5.75 Å². The molecular weight excluding hydrogens is 272 g/mol. The van der Waals surface area contributed by atoms with Crippen molar-refractivity contribution in [3.63, 3.8) is 0 Å². The fourth-order valence-corrected chi connectivity index (χ4v) is 2.44. The number of carbonyl (C=O) groups is 1. The predicted molar refractivity (Wildman–Crippen MR) is 80.8 cm³/mol. The first-order valence-electron chi connectivity index (χ1n) is 6.22. The zero-order valence-electron chi connectivity index (χ0n) is 10.9. The SMILES string of the molecule is NNC(=O)c1ccccc1OCCSc1ccccc1. The number of rotatable bonds is 6. The fraction of sp³-hybridized carbons (Fsp3) is 0.133. The van der Waals surface area contributed by atoms with Crippen LogP contribution in [0, 0.1) is 0 Å². The Hall–Kier alpha value is -1.98. The standard InChI is InChI=1S/C15H16N2O2S/c16-17-15(18)13-8-4-5-9-14(13)19-10-11-20-12-6-2-1-3-7-12/h1-9H,10-11,16H2,(H,17,18). The molecule has 0 bridgehead atoms. The van der Waals surface area contributed by atoms with Gasteiger partial charge in [0.15, 0.2) is 0 Å². The highest BCUT2D eigenvalue weighted by atomic mass is 32.2. The van der Waals surface area contributed by atoms with Crippen LogP contribution in [0.5, 0.6) is 5.75 Å². The molecule has 2 aromatic carbocycles. The topological polar surface area (TPSA) is 64.3 Å². The molecule has 0 atom stereocenters. The third-order valence-electron chi connectivity index (χ3n) is 2.62. The lowest BCUT2D eigenvalue weighted by Gasteiger charge is -2.10. The van der Waals surface area contributed by atoms with E-state index in [-0.39, 0.29) is 5.91 Å². The Morgan fingerprint density at radius 2 is 1.80 bits per heavy atom. The molecule has 0 radical (unpaired) electrons. The summed E-state index contributed by atoms with van der Waals surface area (Å²) in [4.78, 5) is 12.8. The van der Waals surface area contributed by atoms with Gasteiger partial charge in [0.2, 0.25) is 0 Å². The normalized spacial score (nSPS) is 10.1. The Balaban J connectivity index is 1.87. The van der Waals surface area contributed by atoms with Crippen LogP contribution in [0.2, 0.25) is 0 Å². The molecule has 0 unspecified atom stereocenters. The second kappa shape index (κ2) is 7.57. The van der Waals surface area contributed by atoms with Crippen LogP contribution in [-0.2, 0) is 0 Å². The van der Waals surface area contributed by atoms with E-state index in [2.05, 4.69) is 17.6 Å². The molecule has 0 saturated carbocycles. The highest BCUT2D eigenvalue weighted by Gasteiger charge is 2.10. The van der Waals surface area contributed by atoms with Crippen molar-refractivity contribution >= 4 is 17.7 Å². The third-order valence-corrected chi connectivity index (χ3v) is 3.59. The van der Waals surface area contributed by atoms with Gasteiger partial charge in [0.25, 0.3) is 5.91 Å². The van der Waals surface area contributed by atoms with Gasteiger partial charge in [-0.05, 0) is 24.3 Å². The van der Waals surface area contributed by atoms with E-state index < -0.39 is 0 Å². The monoisotopic (exact) mass is 288 g/mol. The maximum absolute atomic E-state index is 11.6. The number of thioether (sulfide) groups is 1. The summed E-state index contributed by atoms with van der Waals surface area (Å²) in [6.45, 7) is 0.522. The van der Waals surface area contributed by atoms with Crippen molar-refractivity contribution in [1.29, 1.82) is 0 Å². The molecule has 0 aromatic heterocycles. The predicted octanol–water partition coefficient (Wildman–Crippen LogP) is 2.46. The number of nitrogen functional groups attached to an aromatic ring is 1. The molecule has 2 aromatic rings. The quantitative estimate of drug-likeness (QED) is 0.282. The summed E-state index contributed by atoms with van der Waals surface area (Å²) in [5.41, 5.74) is 2.56. The number of para-hydroxylation sites is 1. The Bertz CT molecular complexity index is 561. The second-order valence-electron chi connectivity index (χ2n) is 3.98. The van der Waals surface area contributed by atoms with Gasteiger partial charge in [-0.2, -0.15) is 0 Å². The van der Waals surface area contributed by atoms with E-state index in [0.29, 0.717) is 17.9 Å². The molecule has 1 amide bonds. The van der Waals surface area contributed by atoms with Gasteiger partial charge in [-0.1, -0.05) is 30.3 Å². The van der Waals surface area contributed by atoms with Gasteiger partial charge in [-0.15, -0.1) is 11.8 Å². The van der Waals surface area contributed by atoms with Crippen LogP contribution in [0.4, 0.5) is 0 Å². The Kier molecular flexibility index (Phi) is 5.46. The molecule has 104 valence electrons. The number of hydrogen-bond acceptors (Lipinski definition) is 4. The van der Waals surface area contributed by atoms with Crippen LogP contribution >= 0.6 is 11.8 Å². The molecule has 0 heterocycles. The summed E-state index contributed by atoms with van der Waals surface area (Å²) < 4.78 is 5.64. The van der Waals surface area contributed by atoms with Crippen molar-refractivity contribution in [3.8, 4) is 5.75 Å². The summed E-state index contributed by atoms with van der Waals surface area (Å²) in [5, 5.41) is 0. The Morgan fingerprint density at radius 3 is 2.55 bits per heavy atom. The fourth-order valence-electron chi connectivity index (χ4n) is 1.69. The molecular formula is C15H16N2O2S. The number of benzene rings is 2. The minimum Gasteiger partial charge on any atom is -0.492 e. The minimum atomic E-state index is -0.351. The van der Waals surface area contributed by atoms with Gasteiger partial charge < -0.3 is 4.74 Å². The van der Waals surface area contributed by atoms with Crippen LogP contribution < -0.4 is 16.0 Å². The first-order chi connectivity index (χ1) is 9.81. The third kappa shape index (κ3) is 4.01. The van der Waals surface area contributed by atoms with Gasteiger partial charge >= 0.3 is 0 Å². The van der Waals surface area contributed by atoms with Crippen molar-refractivity contribution in [3.05, 3.63) is 60.2 Å². The molecule has 0 saturated heterocycles. The summed E-state index contributed by atoms with van der Waals surface area (Å²) in [6.07, 6.45) is 0. The van der Waals surface area contributed by atoms with Crippen LogP contribution in [0.1, 0.15) is 10.4 Å². The Labute approximate surface area is 122 Å². The van der Waals surface area contributed by atoms with Crippen LogP contribution in [-0.4, -0.2) is 18.3 Å². The first kappa shape index (κ1) is 14.4. The molecule has 20 heavy (non-hydrogen) atoms. The van der Waals surface area contributed by atoms with E-state index in [1.165, 1.54) is 4.90 Å². The van der Waals surface area contributed by atoms with Crippen LogP contribution in [0.25, 0.3) is 0 Å². The highest BCUT2D eigenvalue weighted by Crippen LogP contribution is 2.20. The van der Waals surface area contributed by atoms with E-state index in [9.17, 15) is 4.79 Å². The van der Waals surface area contributed by atoms with E-state index in [1.54, 1.807) is 30.0 Å². The molecule has 3 N–H and O–H groups in total. The van der Waals surface area contributed by atoms with Gasteiger partial charge in [-0.25, -0.2) is 5.84 Å². The van der Waals surface area contributed by atoms with Crippen molar-refractivity contribution in [2.24, 2.45) is 5.84 Å². The molecule has 4 nitrogen and oxygen atoms in total. The van der Waals surface area contributed by atoms with Gasteiger partial charge in [-0.3, -0.25) is 10.2 Å². The molecule has 2 rings (SSSR count). The van der Waals surface area contributed by atoms with Crippen LogP contribution in [0.15, 0.2) is 59.5 Å². The zero-order valence-corrected chi connectivity index (χ0v) is 11.7. The minimum absolute atomic E-state index is 0.351. The smallest absolute Gasteiger partial charge is 0.268 e. The van der Waals surface area contributed by atoms with E-state index in [1.807, 2.05) is 24.3 Å². The molecule has 0 spiro atoms. The van der Waals surface area contributed by atoms with E-state index >= 15 is 0 Å². The first-order valence-corrected chi connectivity index (χ1v) is 7.20. The van der Waals surface area contributed by atoms with Crippen molar-refractivity contribution < 1.29 is 9.53 Å². The lowest BCUT2D eigenvalue weighted by atomic mass is 10.2. The number of ether oxygens (including phenoxy) is 1. The van der Waals surface area contributed by atoms with Crippen molar-refractivity contribution in [2.45, 2.75) is 4.90 Å². The number of nitrogens with two attached hydrogens (primary N) is 1. The number of amides is 1. The largest absolute Gasteiger partial charge is 0.492 e. The lowest BCUT2D eigenvalue weighted by molar-refractivity contribution is 0.0950. The maximum atomic E-state index is 11.6. The Morgan fingerprint density at radius 1 is 1.10 bits per heavy atom. The summed E-state index contributed by atoms with van der Waals surface area (Å²) >= 11 is 1.71. The second-order valence-corrected chi connectivity index (χ2v) is 5.15. The molecule has 0 aliphatic rings. The average molecular weight is 288 g/mol. The molecule has 5 heteroatoms. The van der Waals surface area contributed by atoms with Gasteiger partial charge in [0.05, 0.1) is 12.2 Å².